The Hall–Kier alpha value is -0.770. The molecule has 1 aromatic rings. The number of carbonyl (C=O) groups excluding carboxylic acids is 1. The van der Waals surface area contributed by atoms with Gasteiger partial charge in [0.25, 0.3) is 0 Å². The van der Waals surface area contributed by atoms with Crippen molar-refractivity contribution < 1.29 is 4.79 Å². The highest BCUT2D eigenvalue weighted by atomic mass is 35.5. The van der Waals surface area contributed by atoms with E-state index in [1.807, 2.05) is 31.3 Å². The molecule has 0 saturated carbocycles. The second-order valence-electron chi connectivity index (χ2n) is 5.01. The lowest BCUT2D eigenvalue weighted by Gasteiger charge is -2.31. The van der Waals surface area contributed by atoms with Crippen LogP contribution in [-0.2, 0) is 10.2 Å². The van der Waals surface area contributed by atoms with Crippen LogP contribution in [0.4, 0.5) is 0 Å². The standard InChI is InChI=1S/C16H25ClN2O.ClH/c1-4-16(5-2,13-7-9-14(17)10-8-13)15(20)19-12-6-11-18-3;/h7-10,18H,4-6,11-12H2,1-3H3,(H,19,20);1H. The Bertz CT molecular complexity index is 417. The van der Waals surface area contributed by atoms with Crippen LogP contribution in [0.25, 0.3) is 0 Å². The van der Waals surface area contributed by atoms with Crippen molar-refractivity contribution >= 4 is 29.9 Å². The van der Waals surface area contributed by atoms with Gasteiger partial charge in [-0.15, -0.1) is 12.4 Å². The molecule has 21 heavy (non-hydrogen) atoms. The molecule has 0 saturated heterocycles. The Morgan fingerprint density at radius 3 is 2.19 bits per heavy atom. The normalized spacial score (nSPS) is 10.9. The van der Waals surface area contributed by atoms with Crippen LogP contribution in [0.15, 0.2) is 24.3 Å². The van der Waals surface area contributed by atoms with Crippen LogP contribution in [-0.4, -0.2) is 26.0 Å². The fourth-order valence-corrected chi connectivity index (χ4v) is 2.64. The topological polar surface area (TPSA) is 41.1 Å². The summed E-state index contributed by atoms with van der Waals surface area (Å²) in [4.78, 5) is 12.6. The molecule has 0 heterocycles. The molecule has 0 spiro atoms. The van der Waals surface area contributed by atoms with Crippen molar-refractivity contribution in [3.05, 3.63) is 34.9 Å². The first-order valence-corrected chi connectivity index (χ1v) is 7.67. The molecule has 1 amide bonds. The van der Waals surface area contributed by atoms with Gasteiger partial charge in [-0.3, -0.25) is 4.79 Å². The van der Waals surface area contributed by atoms with Gasteiger partial charge in [0.05, 0.1) is 5.41 Å². The largest absolute Gasteiger partial charge is 0.355 e. The molecule has 120 valence electrons. The van der Waals surface area contributed by atoms with Gasteiger partial charge in [0.1, 0.15) is 0 Å². The predicted octanol–water partition coefficient (Wildman–Crippen LogP) is 3.55. The van der Waals surface area contributed by atoms with Crippen molar-refractivity contribution in [2.24, 2.45) is 0 Å². The van der Waals surface area contributed by atoms with Gasteiger partial charge < -0.3 is 10.6 Å². The number of hydrogen-bond acceptors (Lipinski definition) is 2. The average molecular weight is 333 g/mol. The molecule has 1 aromatic carbocycles. The van der Waals surface area contributed by atoms with Gasteiger partial charge in [-0.05, 0) is 50.6 Å². The van der Waals surface area contributed by atoms with Gasteiger partial charge in [-0.1, -0.05) is 37.6 Å². The number of nitrogens with one attached hydrogen (secondary N) is 2. The summed E-state index contributed by atoms with van der Waals surface area (Å²) in [7, 11) is 1.91. The van der Waals surface area contributed by atoms with Gasteiger partial charge in [-0.25, -0.2) is 0 Å². The van der Waals surface area contributed by atoms with Crippen LogP contribution >= 0.6 is 24.0 Å². The molecule has 0 aliphatic carbocycles. The van der Waals surface area contributed by atoms with E-state index >= 15 is 0 Å². The van der Waals surface area contributed by atoms with E-state index < -0.39 is 5.41 Å². The molecule has 0 radical (unpaired) electrons. The number of halogens is 2. The lowest BCUT2D eigenvalue weighted by atomic mass is 9.75. The Balaban J connectivity index is 0.00000400. The van der Waals surface area contributed by atoms with Gasteiger partial charge in [-0.2, -0.15) is 0 Å². The van der Waals surface area contributed by atoms with Crippen molar-refractivity contribution in [3.8, 4) is 0 Å². The van der Waals surface area contributed by atoms with Gasteiger partial charge in [0, 0.05) is 11.6 Å². The van der Waals surface area contributed by atoms with Crippen LogP contribution in [0.5, 0.6) is 0 Å². The summed E-state index contributed by atoms with van der Waals surface area (Å²) in [6, 6.07) is 7.63. The van der Waals surface area contributed by atoms with Crippen LogP contribution in [0.2, 0.25) is 5.02 Å². The summed E-state index contributed by atoms with van der Waals surface area (Å²) in [5.41, 5.74) is 0.586. The Morgan fingerprint density at radius 2 is 1.71 bits per heavy atom. The zero-order valence-corrected chi connectivity index (χ0v) is 14.6. The zero-order chi connectivity index (χ0) is 15.0. The molecule has 0 bridgehead atoms. The third-order valence-corrected chi connectivity index (χ3v) is 4.18. The molecular formula is C16H26Cl2N2O. The quantitative estimate of drug-likeness (QED) is 0.715. The summed E-state index contributed by atoms with van der Waals surface area (Å²) in [5.74, 6) is 0.112. The lowest BCUT2D eigenvalue weighted by molar-refractivity contribution is -0.127. The molecule has 3 nitrogen and oxygen atoms in total. The second kappa shape index (κ2) is 10.0. The van der Waals surface area contributed by atoms with Gasteiger partial charge >= 0.3 is 0 Å². The monoisotopic (exact) mass is 332 g/mol. The summed E-state index contributed by atoms with van der Waals surface area (Å²) in [5, 5.41) is 6.84. The van der Waals surface area contributed by atoms with Crippen molar-refractivity contribution in [3.63, 3.8) is 0 Å². The third kappa shape index (κ3) is 5.17. The molecule has 0 unspecified atom stereocenters. The molecule has 0 aliphatic heterocycles. The highest BCUT2D eigenvalue weighted by molar-refractivity contribution is 6.30. The first-order chi connectivity index (χ1) is 9.60. The van der Waals surface area contributed by atoms with E-state index in [-0.39, 0.29) is 18.3 Å². The van der Waals surface area contributed by atoms with E-state index in [0.717, 1.165) is 31.4 Å². The van der Waals surface area contributed by atoms with Crippen molar-refractivity contribution in [2.75, 3.05) is 20.1 Å². The van der Waals surface area contributed by atoms with Crippen LogP contribution in [0, 0.1) is 0 Å². The summed E-state index contributed by atoms with van der Waals surface area (Å²) in [6.45, 7) is 5.73. The summed E-state index contributed by atoms with van der Waals surface area (Å²) < 4.78 is 0. The molecule has 0 fully saturated rings. The smallest absolute Gasteiger partial charge is 0.230 e. The SMILES string of the molecule is CCC(CC)(C(=O)NCCCNC)c1ccc(Cl)cc1.Cl. The zero-order valence-electron chi connectivity index (χ0n) is 13.0. The molecule has 0 atom stereocenters. The average Bonchev–Trinajstić information content (AvgIpc) is 2.47. The second-order valence-corrected chi connectivity index (χ2v) is 5.45. The molecule has 5 heteroatoms. The van der Waals surface area contributed by atoms with E-state index in [4.69, 9.17) is 11.6 Å². The fourth-order valence-electron chi connectivity index (χ4n) is 2.52. The number of carbonyl (C=O) groups is 1. The molecule has 1 rings (SSSR count). The van der Waals surface area contributed by atoms with Crippen LogP contribution < -0.4 is 10.6 Å². The first-order valence-electron chi connectivity index (χ1n) is 7.29. The van der Waals surface area contributed by atoms with E-state index in [9.17, 15) is 4.79 Å². The maximum Gasteiger partial charge on any atom is 0.230 e. The van der Waals surface area contributed by atoms with E-state index in [0.29, 0.717) is 11.6 Å². The molecule has 0 aromatic heterocycles. The molecular weight excluding hydrogens is 307 g/mol. The lowest BCUT2D eigenvalue weighted by Crippen LogP contribution is -2.44. The van der Waals surface area contributed by atoms with Gasteiger partial charge in [0.2, 0.25) is 5.91 Å². The Morgan fingerprint density at radius 1 is 1.14 bits per heavy atom. The highest BCUT2D eigenvalue weighted by Gasteiger charge is 2.36. The first kappa shape index (κ1) is 20.2. The van der Waals surface area contributed by atoms with E-state index in [1.165, 1.54) is 0 Å². The minimum atomic E-state index is -0.454. The number of benzene rings is 1. The van der Waals surface area contributed by atoms with Gasteiger partial charge in [0.15, 0.2) is 0 Å². The Kier molecular flexibility index (Phi) is 9.67. The predicted molar refractivity (Wildman–Crippen MR) is 92.5 cm³/mol. The van der Waals surface area contributed by atoms with E-state index in [2.05, 4.69) is 24.5 Å². The molecule has 0 aliphatic rings. The van der Waals surface area contributed by atoms with Crippen molar-refractivity contribution in [2.45, 2.75) is 38.5 Å². The van der Waals surface area contributed by atoms with E-state index in [1.54, 1.807) is 0 Å². The fraction of sp³-hybridized carbons (Fsp3) is 0.562. The molecule has 2 N–H and O–H groups in total. The maximum atomic E-state index is 12.6. The summed E-state index contributed by atoms with van der Waals surface area (Å²) >= 11 is 5.94. The third-order valence-electron chi connectivity index (χ3n) is 3.93. The van der Waals surface area contributed by atoms with Crippen LogP contribution in [0.1, 0.15) is 38.7 Å². The van der Waals surface area contributed by atoms with Crippen LogP contribution in [0.3, 0.4) is 0 Å². The number of amides is 1. The minimum absolute atomic E-state index is 0. The Labute approximate surface area is 139 Å². The number of rotatable bonds is 8. The number of hydrogen-bond donors (Lipinski definition) is 2. The van der Waals surface area contributed by atoms with Crippen molar-refractivity contribution in [1.29, 1.82) is 0 Å². The highest BCUT2D eigenvalue weighted by Crippen LogP contribution is 2.32. The summed E-state index contributed by atoms with van der Waals surface area (Å²) in [6.07, 6.45) is 2.50. The minimum Gasteiger partial charge on any atom is -0.355 e. The maximum absolute atomic E-state index is 12.6. The van der Waals surface area contributed by atoms with Crippen molar-refractivity contribution in [1.82, 2.24) is 10.6 Å².